The van der Waals surface area contributed by atoms with Crippen molar-refractivity contribution in [3.63, 3.8) is 0 Å². The van der Waals surface area contributed by atoms with Gasteiger partial charge in [-0.15, -0.1) is 0 Å². The monoisotopic (exact) mass is 219 g/mol. The molecule has 0 saturated carbocycles. The van der Waals surface area contributed by atoms with Crippen molar-refractivity contribution in [1.29, 1.82) is 0 Å². The number of Topliss-reactive ketones (excluding diaryl/α,β-unsaturated/α-hetero) is 1. The predicted octanol–water partition coefficient (Wildman–Crippen LogP) is 2.73. The third kappa shape index (κ3) is 3.17. The molecule has 0 bridgehead atoms. The number of carbonyl (C=O) groups excluding carboxylic acids is 1. The van der Waals surface area contributed by atoms with Crippen LogP contribution in [0.15, 0.2) is 30.3 Å². The molecule has 0 spiro atoms. The summed E-state index contributed by atoms with van der Waals surface area (Å²) in [6, 6.07) is 9.82. The Kier molecular flexibility index (Phi) is 5.20. The average Bonchev–Trinajstić information content (AvgIpc) is 2.31. The summed E-state index contributed by atoms with van der Waals surface area (Å²) in [7, 11) is 0. The zero-order chi connectivity index (χ0) is 12.0. The summed E-state index contributed by atoms with van der Waals surface area (Å²) in [5.41, 5.74) is 6.76. The normalized spacial score (nSPS) is 14.4. The maximum absolute atomic E-state index is 12.2. The first-order chi connectivity index (χ1) is 7.70. The van der Waals surface area contributed by atoms with Crippen molar-refractivity contribution >= 4 is 5.78 Å². The average molecular weight is 219 g/mol. The highest BCUT2D eigenvalue weighted by Crippen LogP contribution is 2.21. The van der Waals surface area contributed by atoms with E-state index in [9.17, 15) is 4.79 Å². The van der Waals surface area contributed by atoms with Crippen LogP contribution in [0.5, 0.6) is 0 Å². The van der Waals surface area contributed by atoms with Gasteiger partial charge in [0.2, 0.25) is 0 Å². The van der Waals surface area contributed by atoms with Gasteiger partial charge in [-0.05, 0) is 12.0 Å². The molecule has 0 saturated heterocycles. The molecule has 2 nitrogen and oxygen atoms in total. The van der Waals surface area contributed by atoms with Crippen molar-refractivity contribution in [2.75, 3.05) is 6.54 Å². The number of rotatable bonds is 6. The molecular formula is C14H21NO. The minimum Gasteiger partial charge on any atom is -0.329 e. The molecule has 88 valence electrons. The molecule has 0 aliphatic carbocycles. The van der Waals surface area contributed by atoms with Crippen LogP contribution in [-0.4, -0.2) is 12.3 Å². The minimum absolute atomic E-state index is 0.110. The molecule has 2 unspecified atom stereocenters. The van der Waals surface area contributed by atoms with E-state index in [1.165, 1.54) is 0 Å². The van der Waals surface area contributed by atoms with Crippen molar-refractivity contribution < 1.29 is 4.79 Å². The molecule has 0 aliphatic heterocycles. The van der Waals surface area contributed by atoms with Crippen LogP contribution in [0.3, 0.4) is 0 Å². The molecule has 1 aromatic rings. The van der Waals surface area contributed by atoms with Crippen molar-refractivity contribution in [3.8, 4) is 0 Å². The van der Waals surface area contributed by atoms with Gasteiger partial charge in [-0.3, -0.25) is 4.79 Å². The number of benzene rings is 1. The second kappa shape index (κ2) is 6.44. The fourth-order valence-corrected chi connectivity index (χ4v) is 2.02. The first-order valence-electron chi connectivity index (χ1n) is 5.99. The number of carbonyl (C=O) groups is 1. The van der Waals surface area contributed by atoms with Crippen LogP contribution in [-0.2, 0) is 4.79 Å². The summed E-state index contributed by atoms with van der Waals surface area (Å²) >= 11 is 0. The summed E-state index contributed by atoms with van der Waals surface area (Å²) in [5.74, 6) is 0.247. The van der Waals surface area contributed by atoms with E-state index in [0.717, 1.165) is 18.4 Å². The Bertz CT molecular complexity index is 321. The summed E-state index contributed by atoms with van der Waals surface area (Å²) in [6.45, 7) is 4.50. The van der Waals surface area contributed by atoms with Gasteiger partial charge in [-0.1, -0.05) is 50.6 Å². The van der Waals surface area contributed by atoms with Gasteiger partial charge < -0.3 is 5.73 Å². The Hall–Kier alpha value is -1.15. The van der Waals surface area contributed by atoms with Gasteiger partial charge in [-0.2, -0.15) is 0 Å². The first-order valence-corrected chi connectivity index (χ1v) is 5.99. The Morgan fingerprint density at radius 2 is 1.94 bits per heavy atom. The van der Waals surface area contributed by atoms with Crippen LogP contribution in [0.25, 0.3) is 0 Å². The van der Waals surface area contributed by atoms with Crippen LogP contribution in [0.1, 0.15) is 38.2 Å². The highest BCUT2D eigenvalue weighted by atomic mass is 16.1. The van der Waals surface area contributed by atoms with Gasteiger partial charge >= 0.3 is 0 Å². The molecule has 0 amide bonds. The third-order valence-corrected chi connectivity index (χ3v) is 2.99. The number of hydrogen-bond acceptors (Lipinski definition) is 2. The summed E-state index contributed by atoms with van der Waals surface area (Å²) < 4.78 is 0. The van der Waals surface area contributed by atoms with Crippen LogP contribution < -0.4 is 5.73 Å². The van der Waals surface area contributed by atoms with Gasteiger partial charge in [0, 0.05) is 12.5 Å². The van der Waals surface area contributed by atoms with Crippen LogP contribution in [0.4, 0.5) is 0 Å². The molecule has 16 heavy (non-hydrogen) atoms. The van der Waals surface area contributed by atoms with E-state index in [2.05, 4.69) is 6.92 Å². The maximum Gasteiger partial charge on any atom is 0.144 e. The molecule has 2 heteroatoms. The van der Waals surface area contributed by atoms with Gasteiger partial charge in [0.25, 0.3) is 0 Å². The summed E-state index contributed by atoms with van der Waals surface area (Å²) in [5, 5.41) is 0. The van der Waals surface area contributed by atoms with Gasteiger partial charge in [0.1, 0.15) is 5.78 Å². The molecule has 0 aromatic heterocycles. The molecule has 0 fully saturated rings. The molecule has 0 heterocycles. The Morgan fingerprint density at radius 1 is 1.31 bits per heavy atom. The lowest BCUT2D eigenvalue weighted by Crippen LogP contribution is -2.26. The Balaban J connectivity index is 2.79. The first kappa shape index (κ1) is 12.9. The van der Waals surface area contributed by atoms with Crippen molar-refractivity contribution in [1.82, 2.24) is 0 Å². The SMILES string of the molecule is CCCC(C)C(=O)C(CN)c1ccccc1. The standard InChI is InChI=1S/C14H21NO/c1-3-7-11(2)14(16)13(10-15)12-8-5-4-6-9-12/h4-6,8-9,11,13H,3,7,10,15H2,1-2H3. The zero-order valence-corrected chi connectivity index (χ0v) is 10.1. The van der Waals surface area contributed by atoms with E-state index in [4.69, 9.17) is 5.73 Å². The second-order valence-electron chi connectivity index (χ2n) is 4.29. The lowest BCUT2D eigenvalue weighted by atomic mass is 9.86. The van der Waals surface area contributed by atoms with E-state index in [0.29, 0.717) is 6.54 Å². The highest BCUT2D eigenvalue weighted by Gasteiger charge is 2.23. The largest absolute Gasteiger partial charge is 0.329 e. The Morgan fingerprint density at radius 3 is 2.44 bits per heavy atom. The van der Waals surface area contributed by atoms with E-state index in [-0.39, 0.29) is 17.6 Å². The highest BCUT2D eigenvalue weighted by molar-refractivity contribution is 5.87. The Labute approximate surface area is 97.9 Å². The van der Waals surface area contributed by atoms with Crippen LogP contribution in [0.2, 0.25) is 0 Å². The molecule has 0 aliphatic rings. The molecular weight excluding hydrogens is 198 g/mol. The lowest BCUT2D eigenvalue weighted by molar-refractivity contribution is -0.123. The minimum atomic E-state index is -0.136. The van der Waals surface area contributed by atoms with Gasteiger partial charge in [0.15, 0.2) is 0 Å². The zero-order valence-electron chi connectivity index (χ0n) is 10.1. The van der Waals surface area contributed by atoms with Gasteiger partial charge in [0.05, 0.1) is 5.92 Å². The summed E-state index contributed by atoms with van der Waals surface area (Å²) in [4.78, 5) is 12.2. The fraction of sp³-hybridized carbons (Fsp3) is 0.500. The molecule has 1 aromatic carbocycles. The van der Waals surface area contributed by atoms with E-state index >= 15 is 0 Å². The quantitative estimate of drug-likeness (QED) is 0.799. The number of hydrogen-bond donors (Lipinski definition) is 1. The summed E-state index contributed by atoms with van der Waals surface area (Å²) in [6.07, 6.45) is 1.99. The molecule has 2 N–H and O–H groups in total. The van der Waals surface area contributed by atoms with Crippen molar-refractivity contribution in [2.45, 2.75) is 32.6 Å². The fourth-order valence-electron chi connectivity index (χ4n) is 2.02. The van der Waals surface area contributed by atoms with E-state index in [1.807, 2.05) is 37.3 Å². The van der Waals surface area contributed by atoms with Crippen molar-refractivity contribution in [3.05, 3.63) is 35.9 Å². The second-order valence-corrected chi connectivity index (χ2v) is 4.29. The maximum atomic E-state index is 12.2. The number of nitrogens with two attached hydrogens (primary N) is 1. The molecule has 2 atom stereocenters. The van der Waals surface area contributed by atoms with Gasteiger partial charge in [-0.25, -0.2) is 0 Å². The predicted molar refractivity (Wildman–Crippen MR) is 67.3 cm³/mol. The van der Waals surface area contributed by atoms with Crippen LogP contribution >= 0.6 is 0 Å². The topological polar surface area (TPSA) is 43.1 Å². The van der Waals surface area contributed by atoms with Crippen LogP contribution in [0, 0.1) is 5.92 Å². The van der Waals surface area contributed by atoms with Crippen molar-refractivity contribution in [2.24, 2.45) is 11.7 Å². The molecule has 1 rings (SSSR count). The molecule has 0 radical (unpaired) electrons. The number of ketones is 1. The lowest BCUT2D eigenvalue weighted by Gasteiger charge is -2.18. The van der Waals surface area contributed by atoms with E-state index in [1.54, 1.807) is 0 Å². The van der Waals surface area contributed by atoms with E-state index < -0.39 is 0 Å². The smallest absolute Gasteiger partial charge is 0.144 e. The third-order valence-electron chi connectivity index (χ3n) is 2.99.